The molecule has 3 heterocycles. The van der Waals surface area contributed by atoms with Crippen molar-refractivity contribution in [2.24, 2.45) is 0 Å². The summed E-state index contributed by atoms with van der Waals surface area (Å²) in [6, 6.07) is 4.14. The minimum atomic E-state index is 0.972. The first-order chi connectivity index (χ1) is 10.8. The molecular weight excluding hydrogens is 274 g/mol. The van der Waals surface area contributed by atoms with Crippen LogP contribution in [0.2, 0.25) is 0 Å². The van der Waals surface area contributed by atoms with Crippen LogP contribution in [0.3, 0.4) is 0 Å². The van der Waals surface area contributed by atoms with Crippen LogP contribution in [0.4, 0.5) is 5.69 Å². The predicted molar refractivity (Wildman–Crippen MR) is 88.9 cm³/mol. The summed E-state index contributed by atoms with van der Waals surface area (Å²) in [6.45, 7) is 7.47. The summed E-state index contributed by atoms with van der Waals surface area (Å²) in [6.07, 6.45) is 9.26. The second-order valence-corrected chi connectivity index (χ2v) is 5.93. The number of aromatic nitrogens is 3. The monoisotopic (exact) mass is 299 g/mol. The van der Waals surface area contributed by atoms with Crippen LogP contribution in [0, 0.1) is 0 Å². The molecule has 22 heavy (non-hydrogen) atoms. The minimum Gasteiger partial charge on any atom is -0.368 e. The average molecular weight is 299 g/mol. The maximum atomic E-state index is 4.48. The number of rotatable bonds is 6. The fourth-order valence-corrected chi connectivity index (χ4v) is 2.90. The van der Waals surface area contributed by atoms with Crippen LogP contribution >= 0.6 is 0 Å². The normalized spacial score (nSPS) is 16.1. The molecule has 1 saturated heterocycles. The quantitative estimate of drug-likeness (QED) is 0.890. The Labute approximate surface area is 132 Å². The number of unbranched alkanes of at least 4 members (excludes halogenated alkanes) is 1. The Morgan fingerprint density at radius 1 is 1.18 bits per heavy atom. The van der Waals surface area contributed by atoms with Crippen molar-refractivity contribution in [2.45, 2.75) is 32.7 Å². The molecule has 3 rings (SSSR count). The smallest absolute Gasteiger partial charge is 0.106 e. The fraction of sp³-hybridized carbons (Fsp3) is 0.529. The summed E-state index contributed by atoms with van der Waals surface area (Å²) in [7, 11) is 0. The molecule has 0 atom stereocenters. The van der Waals surface area contributed by atoms with Crippen molar-refractivity contribution in [3.63, 3.8) is 0 Å². The molecule has 0 bridgehead atoms. The highest BCUT2D eigenvalue weighted by Crippen LogP contribution is 2.15. The van der Waals surface area contributed by atoms with E-state index in [0.29, 0.717) is 0 Å². The van der Waals surface area contributed by atoms with Crippen LogP contribution in [0.1, 0.15) is 31.3 Å². The number of aryl methyl sites for hydroxylation is 1. The van der Waals surface area contributed by atoms with E-state index in [-0.39, 0.29) is 0 Å². The van der Waals surface area contributed by atoms with E-state index in [1.165, 1.54) is 24.2 Å². The number of hydrogen-bond acceptors (Lipinski definition) is 4. The van der Waals surface area contributed by atoms with E-state index in [1.807, 2.05) is 24.7 Å². The van der Waals surface area contributed by atoms with Crippen LogP contribution in [0.5, 0.6) is 0 Å². The third kappa shape index (κ3) is 3.85. The zero-order valence-corrected chi connectivity index (χ0v) is 13.3. The van der Waals surface area contributed by atoms with Gasteiger partial charge in [0.1, 0.15) is 5.82 Å². The van der Waals surface area contributed by atoms with Gasteiger partial charge in [0.15, 0.2) is 0 Å². The highest BCUT2D eigenvalue weighted by atomic mass is 15.3. The van der Waals surface area contributed by atoms with Crippen LogP contribution < -0.4 is 4.90 Å². The second-order valence-electron chi connectivity index (χ2n) is 5.93. The van der Waals surface area contributed by atoms with Gasteiger partial charge in [0.25, 0.3) is 0 Å². The number of aromatic amines is 1. The van der Waals surface area contributed by atoms with E-state index in [0.717, 1.165) is 45.0 Å². The summed E-state index contributed by atoms with van der Waals surface area (Å²) >= 11 is 0. The largest absolute Gasteiger partial charge is 0.368 e. The molecule has 1 aliphatic heterocycles. The number of piperazine rings is 1. The molecule has 0 spiro atoms. The summed E-state index contributed by atoms with van der Waals surface area (Å²) < 4.78 is 0. The molecule has 0 saturated carbocycles. The Morgan fingerprint density at radius 2 is 2.05 bits per heavy atom. The lowest BCUT2D eigenvalue weighted by Gasteiger charge is -2.35. The standard InChI is InChI=1S/C17H25N5/c1-2-3-6-17-19-12-15(20-17)14-21-8-10-22(11-9-21)16-5-4-7-18-13-16/h4-5,7,12-13H,2-3,6,8-11,14H2,1H3,(H,19,20). The fourth-order valence-electron chi connectivity index (χ4n) is 2.90. The molecule has 118 valence electrons. The second kappa shape index (κ2) is 7.40. The third-order valence-corrected chi connectivity index (χ3v) is 4.23. The van der Waals surface area contributed by atoms with Crippen molar-refractivity contribution < 1.29 is 0 Å². The van der Waals surface area contributed by atoms with E-state index in [9.17, 15) is 0 Å². The maximum absolute atomic E-state index is 4.48. The van der Waals surface area contributed by atoms with Gasteiger partial charge in [-0.15, -0.1) is 0 Å². The Kier molecular flexibility index (Phi) is 5.06. The average Bonchev–Trinajstić information content (AvgIpc) is 3.02. The van der Waals surface area contributed by atoms with Gasteiger partial charge in [-0.3, -0.25) is 9.88 Å². The van der Waals surface area contributed by atoms with E-state index in [4.69, 9.17) is 0 Å². The number of H-pyrrole nitrogens is 1. The van der Waals surface area contributed by atoms with Gasteiger partial charge in [0, 0.05) is 57.2 Å². The topological polar surface area (TPSA) is 48.1 Å². The lowest BCUT2D eigenvalue weighted by atomic mass is 10.2. The molecule has 2 aromatic heterocycles. The highest BCUT2D eigenvalue weighted by molar-refractivity contribution is 5.44. The first-order valence-electron chi connectivity index (χ1n) is 8.25. The molecule has 1 aliphatic rings. The number of nitrogens with one attached hydrogen (secondary N) is 1. The molecule has 0 radical (unpaired) electrons. The SMILES string of the molecule is CCCCc1ncc(CN2CCN(c3cccnc3)CC2)[nH]1. The van der Waals surface area contributed by atoms with Gasteiger partial charge in [0.05, 0.1) is 11.9 Å². The lowest BCUT2D eigenvalue weighted by molar-refractivity contribution is 0.247. The Morgan fingerprint density at radius 3 is 2.77 bits per heavy atom. The van der Waals surface area contributed by atoms with Crippen LogP contribution in [0.15, 0.2) is 30.7 Å². The molecule has 1 fully saturated rings. The number of hydrogen-bond donors (Lipinski definition) is 1. The Hall–Kier alpha value is -1.88. The van der Waals surface area contributed by atoms with Crippen molar-refractivity contribution >= 4 is 5.69 Å². The van der Waals surface area contributed by atoms with Crippen molar-refractivity contribution in [1.82, 2.24) is 19.9 Å². The van der Waals surface area contributed by atoms with Gasteiger partial charge in [0.2, 0.25) is 0 Å². The summed E-state index contributed by atoms with van der Waals surface area (Å²) in [5.41, 5.74) is 2.46. The van der Waals surface area contributed by atoms with Crippen molar-refractivity contribution in [3.05, 3.63) is 42.2 Å². The minimum absolute atomic E-state index is 0.972. The van der Waals surface area contributed by atoms with Crippen LogP contribution in [0.25, 0.3) is 0 Å². The van der Waals surface area contributed by atoms with Crippen molar-refractivity contribution in [2.75, 3.05) is 31.1 Å². The first-order valence-corrected chi connectivity index (χ1v) is 8.25. The molecule has 0 aromatic carbocycles. The molecule has 0 amide bonds. The number of pyridine rings is 1. The molecule has 1 N–H and O–H groups in total. The summed E-state index contributed by atoms with van der Waals surface area (Å²) in [5, 5.41) is 0. The summed E-state index contributed by atoms with van der Waals surface area (Å²) in [5.74, 6) is 1.13. The Bertz CT molecular complexity index is 557. The zero-order valence-electron chi connectivity index (χ0n) is 13.3. The number of nitrogens with zero attached hydrogens (tertiary/aromatic N) is 4. The lowest BCUT2D eigenvalue weighted by Crippen LogP contribution is -2.46. The predicted octanol–water partition coefficient (Wildman–Crippen LogP) is 2.47. The Balaban J connectivity index is 1.48. The van der Waals surface area contributed by atoms with Crippen molar-refractivity contribution in [1.29, 1.82) is 0 Å². The molecule has 5 heteroatoms. The van der Waals surface area contributed by atoms with E-state index >= 15 is 0 Å². The maximum Gasteiger partial charge on any atom is 0.106 e. The number of anilines is 1. The summed E-state index contributed by atoms with van der Waals surface area (Å²) in [4.78, 5) is 17.0. The van der Waals surface area contributed by atoms with E-state index in [2.05, 4.69) is 37.7 Å². The first kappa shape index (κ1) is 15.0. The van der Waals surface area contributed by atoms with Gasteiger partial charge in [-0.25, -0.2) is 4.98 Å². The molecule has 5 nitrogen and oxygen atoms in total. The van der Waals surface area contributed by atoms with Crippen LogP contribution in [-0.2, 0) is 13.0 Å². The third-order valence-electron chi connectivity index (χ3n) is 4.23. The van der Waals surface area contributed by atoms with Crippen LogP contribution in [-0.4, -0.2) is 46.0 Å². The molecular formula is C17H25N5. The van der Waals surface area contributed by atoms with Gasteiger partial charge in [-0.05, 0) is 18.6 Å². The van der Waals surface area contributed by atoms with Gasteiger partial charge < -0.3 is 9.88 Å². The van der Waals surface area contributed by atoms with Crippen molar-refractivity contribution in [3.8, 4) is 0 Å². The zero-order chi connectivity index (χ0) is 15.2. The van der Waals surface area contributed by atoms with Gasteiger partial charge in [-0.1, -0.05) is 13.3 Å². The molecule has 2 aromatic rings. The number of imidazole rings is 1. The van der Waals surface area contributed by atoms with E-state index < -0.39 is 0 Å². The van der Waals surface area contributed by atoms with Gasteiger partial charge >= 0.3 is 0 Å². The highest BCUT2D eigenvalue weighted by Gasteiger charge is 2.17. The van der Waals surface area contributed by atoms with Gasteiger partial charge in [-0.2, -0.15) is 0 Å². The molecule has 0 aliphatic carbocycles. The molecule has 0 unspecified atom stereocenters. The van der Waals surface area contributed by atoms with E-state index in [1.54, 1.807) is 0 Å².